The first-order valence-electron chi connectivity index (χ1n) is 9.20. The standard InChI is InChI=1S/C22H24N2O5S/c1-29-19-11-7-6-10-16(19)20(25)24-18(14-15-8-4-3-5-9-15)21(26)23-17(22(27)28)12-13-30-2/h3-11,14,17H,12-13H2,1-2H3,(H,23,26)(H,24,25)(H,27,28)/b18-14-/t17-/m1/s1. The number of amides is 2. The van der Waals surface area contributed by atoms with Gasteiger partial charge >= 0.3 is 5.97 Å². The zero-order valence-electron chi connectivity index (χ0n) is 16.8. The van der Waals surface area contributed by atoms with E-state index >= 15 is 0 Å². The molecule has 8 heteroatoms. The van der Waals surface area contributed by atoms with E-state index in [0.717, 1.165) is 0 Å². The molecule has 7 nitrogen and oxygen atoms in total. The van der Waals surface area contributed by atoms with Crippen LogP contribution in [-0.4, -0.2) is 48.1 Å². The fourth-order valence-corrected chi connectivity index (χ4v) is 3.10. The summed E-state index contributed by atoms with van der Waals surface area (Å²) < 4.78 is 5.21. The van der Waals surface area contributed by atoms with E-state index in [9.17, 15) is 19.5 Å². The van der Waals surface area contributed by atoms with Crippen LogP contribution in [0, 0.1) is 0 Å². The Bertz CT molecular complexity index is 915. The molecule has 3 N–H and O–H groups in total. The third kappa shape index (κ3) is 6.66. The fourth-order valence-electron chi connectivity index (χ4n) is 2.63. The van der Waals surface area contributed by atoms with Gasteiger partial charge in [-0.3, -0.25) is 9.59 Å². The van der Waals surface area contributed by atoms with Crippen molar-refractivity contribution in [3.05, 3.63) is 71.4 Å². The molecule has 0 heterocycles. The molecule has 2 aromatic carbocycles. The smallest absolute Gasteiger partial charge is 0.326 e. The van der Waals surface area contributed by atoms with E-state index in [1.807, 2.05) is 12.3 Å². The highest BCUT2D eigenvalue weighted by atomic mass is 32.2. The van der Waals surface area contributed by atoms with E-state index in [1.165, 1.54) is 24.9 Å². The Labute approximate surface area is 179 Å². The summed E-state index contributed by atoms with van der Waals surface area (Å²) in [7, 11) is 1.45. The second-order valence-electron chi connectivity index (χ2n) is 6.27. The summed E-state index contributed by atoms with van der Waals surface area (Å²) in [5.41, 5.74) is 0.871. The van der Waals surface area contributed by atoms with Gasteiger partial charge in [-0.05, 0) is 42.2 Å². The second kappa shape index (κ2) is 11.7. The Morgan fingerprint density at radius 1 is 1.10 bits per heavy atom. The monoisotopic (exact) mass is 428 g/mol. The van der Waals surface area contributed by atoms with Crippen LogP contribution >= 0.6 is 11.8 Å². The van der Waals surface area contributed by atoms with Crippen molar-refractivity contribution in [1.82, 2.24) is 10.6 Å². The number of hydrogen-bond donors (Lipinski definition) is 3. The maximum absolute atomic E-state index is 12.9. The number of carbonyl (C=O) groups excluding carboxylic acids is 2. The van der Waals surface area contributed by atoms with Crippen LogP contribution < -0.4 is 15.4 Å². The zero-order valence-corrected chi connectivity index (χ0v) is 17.6. The highest BCUT2D eigenvalue weighted by Crippen LogP contribution is 2.18. The first kappa shape index (κ1) is 23.0. The SMILES string of the molecule is COc1ccccc1C(=O)N/C(=C\c1ccccc1)C(=O)N[C@H](CCSC)C(=O)O. The van der Waals surface area contributed by atoms with Crippen molar-refractivity contribution in [2.75, 3.05) is 19.1 Å². The lowest BCUT2D eigenvalue weighted by Crippen LogP contribution is -2.44. The number of para-hydroxylation sites is 1. The van der Waals surface area contributed by atoms with E-state index in [1.54, 1.807) is 48.5 Å². The lowest BCUT2D eigenvalue weighted by atomic mass is 10.1. The number of hydrogen-bond acceptors (Lipinski definition) is 5. The predicted octanol–water partition coefficient (Wildman–Crippen LogP) is 2.79. The molecule has 0 bridgehead atoms. The normalized spacial score (nSPS) is 12.0. The number of nitrogens with one attached hydrogen (secondary N) is 2. The molecule has 0 radical (unpaired) electrons. The molecule has 0 aromatic heterocycles. The molecule has 158 valence electrons. The predicted molar refractivity (Wildman–Crippen MR) is 117 cm³/mol. The van der Waals surface area contributed by atoms with E-state index in [-0.39, 0.29) is 17.7 Å². The first-order chi connectivity index (χ1) is 14.5. The summed E-state index contributed by atoms with van der Waals surface area (Å²) in [5, 5.41) is 14.5. The largest absolute Gasteiger partial charge is 0.496 e. The Balaban J connectivity index is 2.31. The minimum atomic E-state index is -1.13. The van der Waals surface area contributed by atoms with Crippen molar-refractivity contribution in [2.45, 2.75) is 12.5 Å². The van der Waals surface area contributed by atoms with Crippen LogP contribution in [0.25, 0.3) is 6.08 Å². The Hall–Kier alpha value is -3.26. The molecule has 2 rings (SSSR count). The molecule has 0 saturated carbocycles. The van der Waals surface area contributed by atoms with Gasteiger partial charge in [0.1, 0.15) is 17.5 Å². The number of carboxylic acid groups (broad SMARTS) is 1. The summed E-state index contributed by atoms with van der Waals surface area (Å²) in [5.74, 6) is -1.43. The molecule has 30 heavy (non-hydrogen) atoms. The molecule has 2 amide bonds. The van der Waals surface area contributed by atoms with Gasteiger partial charge in [0.15, 0.2) is 0 Å². The van der Waals surface area contributed by atoms with Crippen LogP contribution in [0.5, 0.6) is 5.75 Å². The molecular weight excluding hydrogens is 404 g/mol. The third-order valence-electron chi connectivity index (χ3n) is 4.17. The summed E-state index contributed by atoms with van der Waals surface area (Å²) in [4.78, 5) is 37.1. The molecule has 0 spiro atoms. The number of carboxylic acids is 1. The molecule has 0 fully saturated rings. The zero-order chi connectivity index (χ0) is 21.9. The minimum absolute atomic E-state index is 0.0625. The molecular formula is C22H24N2O5S. The van der Waals surface area contributed by atoms with Crippen molar-refractivity contribution in [2.24, 2.45) is 0 Å². The molecule has 0 aliphatic heterocycles. The average Bonchev–Trinajstić information content (AvgIpc) is 2.76. The lowest BCUT2D eigenvalue weighted by molar-refractivity contribution is -0.141. The van der Waals surface area contributed by atoms with Gasteiger partial charge in [0.05, 0.1) is 12.7 Å². The van der Waals surface area contributed by atoms with Gasteiger partial charge in [0.2, 0.25) is 0 Å². The summed E-state index contributed by atoms with van der Waals surface area (Å²) in [6.07, 6.45) is 3.62. The maximum atomic E-state index is 12.9. The third-order valence-corrected chi connectivity index (χ3v) is 4.81. The van der Waals surface area contributed by atoms with Crippen LogP contribution in [0.3, 0.4) is 0 Å². The quantitative estimate of drug-likeness (QED) is 0.503. The van der Waals surface area contributed by atoms with Gasteiger partial charge in [0, 0.05) is 0 Å². The molecule has 0 aliphatic rings. The number of aliphatic carboxylic acids is 1. The van der Waals surface area contributed by atoms with Crippen molar-refractivity contribution >= 4 is 35.6 Å². The number of rotatable bonds is 10. The number of ether oxygens (including phenoxy) is 1. The van der Waals surface area contributed by atoms with Gasteiger partial charge in [0.25, 0.3) is 11.8 Å². The van der Waals surface area contributed by atoms with E-state index in [4.69, 9.17) is 4.74 Å². The lowest BCUT2D eigenvalue weighted by Gasteiger charge is -2.17. The molecule has 1 atom stereocenters. The highest BCUT2D eigenvalue weighted by Gasteiger charge is 2.23. The van der Waals surface area contributed by atoms with Crippen LogP contribution in [0.4, 0.5) is 0 Å². The summed E-state index contributed by atoms with van der Waals surface area (Å²) in [6.45, 7) is 0. The van der Waals surface area contributed by atoms with Gasteiger partial charge in [-0.25, -0.2) is 4.79 Å². The number of benzene rings is 2. The van der Waals surface area contributed by atoms with Crippen LogP contribution in [0.2, 0.25) is 0 Å². The van der Waals surface area contributed by atoms with Crippen molar-refractivity contribution < 1.29 is 24.2 Å². The van der Waals surface area contributed by atoms with Crippen molar-refractivity contribution in [3.63, 3.8) is 0 Å². The number of thioether (sulfide) groups is 1. The highest BCUT2D eigenvalue weighted by molar-refractivity contribution is 7.98. The summed E-state index contributed by atoms with van der Waals surface area (Å²) in [6, 6.07) is 14.5. The van der Waals surface area contributed by atoms with Gasteiger partial charge in [-0.2, -0.15) is 11.8 Å². The number of methoxy groups -OCH3 is 1. The Kier molecular flexibility index (Phi) is 8.96. The Morgan fingerprint density at radius 2 is 1.77 bits per heavy atom. The fraction of sp³-hybridized carbons (Fsp3) is 0.227. The van der Waals surface area contributed by atoms with Crippen LogP contribution in [0.1, 0.15) is 22.3 Å². The van der Waals surface area contributed by atoms with E-state index < -0.39 is 23.8 Å². The van der Waals surface area contributed by atoms with Gasteiger partial charge in [-0.15, -0.1) is 0 Å². The maximum Gasteiger partial charge on any atom is 0.326 e. The summed E-state index contributed by atoms with van der Waals surface area (Å²) >= 11 is 1.48. The second-order valence-corrected chi connectivity index (χ2v) is 7.25. The molecule has 0 unspecified atom stereocenters. The van der Waals surface area contributed by atoms with Crippen molar-refractivity contribution in [3.8, 4) is 5.75 Å². The Morgan fingerprint density at radius 3 is 2.40 bits per heavy atom. The van der Waals surface area contributed by atoms with E-state index in [2.05, 4.69) is 10.6 Å². The minimum Gasteiger partial charge on any atom is -0.496 e. The molecule has 0 saturated heterocycles. The topological polar surface area (TPSA) is 105 Å². The van der Waals surface area contributed by atoms with Crippen LogP contribution in [0.15, 0.2) is 60.3 Å². The first-order valence-corrected chi connectivity index (χ1v) is 10.6. The van der Waals surface area contributed by atoms with Crippen molar-refractivity contribution in [1.29, 1.82) is 0 Å². The molecule has 2 aromatic rings. The average molecular weight is 429 g/mol. The van der Waals surface area contributed by atoms with Gasteiger partial charge in [-0.1, -0.05) is 42.5 Å². The van der Waals surface area contributed by atoms with Gasteiger partial charge < -0.3 is 20.5 Å². The van der Waals surface area contributed by atoms with Crippen LogP contribution in [-0.2, 0) is 9.59 Å². The van der Waals surface area contributed by atoms with E-state index in [0.29, 0.717) is 17.1 Å². The molecule has 0 aliphatic carbocycles. The number of carbonyl (C=O) groups is 3.